The molecular weight excluding hydrogens is 1150 g/mol. The molecule has 0 N–H and O–H groups in total. The van der Waals surface area contributed by atoms with Crippen molar-refractivity contribution in [1.82, 2.24) is 0 Å². The summed E-state index contributed by atoms with van der Waals surface area (Å²) in [6, 6.07) is 0. The summed E-state index contributed by atoms with van der Waals surface area (Å²) in [4.78, 5) is 0. The zero-order chi connectivity index (χ0) is 4.69. The van der Waals surface area contributed by atoms with Crippen molar-refractivity contribution in [2.45, 2.75) is 25.7 Å². The van der Waals surface area contributed by atoms with Crippen LogP contribution in [0, 0.1) is 18.3 Å². The molecule has 2 aliphatic rings. The van der Waals surface area contributed by atoms with Crippen molar-refractivity contribution in [1.29, 1.82) is 0 Å². The largest absolute Gasteiger partial charge is 0.322 e. The molecule has 2 fully saturated rings. The monoisotopic (exact) mass is 1160 g/mol. The van der Waals surface area contributed by atoms with E-state index >= 15 is 0 Å². The van der Waals surface area contributed by atoms with Gasteiger partial charge in [0.2, 0.25) is 0 Å². The van der Waals surface area contributed by atoms with Crippen LogP contribution in [0.15, 0.2) is 0 Å². The van der Waals surface area contributed by atoms with Gasteiger partial charge in [0.15, 0.2) is 0 Å². The molecule has 2 saturated carbocycles. The fraction of sp³-hybridized carbons (Fsp3) is 0.857. The zero-order valence-corrected chi connectivity index (χ0v) is 33.0. The van der Waals surface area contributed by atoms with Gasteiger partial charge in [-0.2, -0.15) is 11.8 Å². The third-order valence-electron chi connectivity index (χ3n) is 2.36. The van der Waals surface area contributed by atoms with E-state index in [-0.39, 0.29) is 0 Å². The molecule has 0 aromatic heterocycles. The van der Waals surface area contributed by atoms with Crippen LogP contribution in [0.3, 0.4) is 0 Å². The molecule has 48 valence electrons. The van der Waals surface area contributed by atoms with Crippen LogP contribution in [-0.2, 0) is 0 Å². The summed E-state index contributed by atoms with van der Waals surface area (Å²) in [5.74, 6) is 2.09. The maximum Gasteiger partial charge on any atom is 0 e. The number of hydrogen-bond donors (Lipinski definition) is 0. The molecule has 2 aliphatic carbocycles. The second kappa shape index (κ2) is 3.06. The SMILES string of the molecule is [CH-]1C2CCC1CC2.[Rf].[Rf].[Rf].[Rf]. The van der Waals surface area contributed by atoms with Crippen LogP contribution < -0.4 is 0 Å². The van der Waals surface area contributed by atoms with Crippen molar-refractivity contribution in [3.8, 4) is 0 Å². The van der Waals surface area contributed by atoms with Gasteiger partial charge in [-0.1, -0.05) is 25.7 Å². The minimum atomic E-state index is 0. The molecule has 0 atom stereocenters. The Balaban J connectivity index is -0.000000160. The number of fused-ring (bicyclic) bond motifs is 2. The van der Waals surface area contributed by atoms with Crippen molar-refractivity contribution in [2.24, 2.45) is 11.8 Å². The summed E-state index contributed by atoms with van der Waals surface area (Å²) in [5, 5.41) is 0. The molecular formula is C7H11Rf4-. The molecule has 0 saturated heterocycles. The van der Waals surface area contributed by atoms with Gasteiger partial charge >= 0.3 is 0 Å². The van der Waals surface area contributed by atoms with Gasteiger partial charge < -0.3 is 6.42 Å². The van der Waals surface area contributed by atoms with E-state index in [0.717, 1.165) is 11.8 Å². The minimum absolute atomic E-state index is 0. The summed E-state index contributed by atoms with van der Waals surface area (Å²) < 4.78 is 0. The van der Waals surface area contributed by atoms with Gasteiger partial charge in [-0.25, -0.2) is 0 Å². The van der Waals surface area contributed by atoms with E-state index in [4.69, 9.17) is 0 Å². The van der Waals surface area contributed by atoms with Crippen molar-refractivity contribution in [3.05, 3.63) is 6.42 Å². The molecule has 4 heteroatoms. The Hall–Kier alpha value is -4.00. The van der Waals surface area contributed by atoms with Crippen LogP contribution in [-0.4, -0.2) is 0 Å². The normalized spacial score (nSPS) is 30.5. The van der Waals surface area contributed by atoms with Crippen molar-refractivity contribution >= 4 is 0 Å². The molecule has 11 heavy (non-hydrogen) atoms. The summed E-state index contributed by atoms with van der Waals surface area (Å²) in [6.07, 6.45) is 8.57. The van der Waals surface area contributed by atoms with Gasteiger partial charge in [0.1, 0.15) is 0 Å². The first-order valence-corrected chi connectivity index (χ1v) is 3.30. The van der Waals surface area contributed by atoms with Crippen molar-refractivity contribution in [2.75, 3.05) is 0 Å². The summed E-state index contributed by atoms with van der Waals surface area (Å²) in [5.41, 5.74) is 0. The fourth-order valence-corrected chi connectivity index (χ4v) is 1.91. The van der Waals surface area contributed by atoms with Gasteiger partial charge in [-0.3, -0.25) is 0 Å². The molecule has 0 unspecified atom stereocenters. The van der Waals surface area contributed by atoms with Gasteiger partial charge in [0.25, 0.3) is 0 Å². The Morgan fingerprint density at radius 2 is 0.909 bits per heavy atom. The van der Waals surface area contributed by atoms with Crippen LogP contribution in [0.25, 0.3) is 0 Å². The molecule has 2 rings (SSSR count). The van der Waals surface area contributed by atoms with Gasteiger partial charge in [0, 0.05) is 0 Å². The van der Waals surface area contributed by atoms with E-state index in [1.165, 1.54) is 25.7 Å². The maximum atomic E-state index is 2.56. The quantitative estimate of drug-likeness (QED) is 0.327. The second-order valence-corrected chi connectivity index (χ2v) is 2.87. The molecule has 0 radical (unpaired) electrons. The Labute approximate surface area is 44.9 Å². The maximum absolute atomic E-state index is 2.56. The van der Waals surface area contributed by atoms with Gasteiger partial charge in [0.05, 0.1) is 0 Å². The summed E-state index contributed by atoms with van der Waals surface area (Å²) >= 11 is 0. The van der Waals surface area contributed by atoms with Crippen LogP contribution >= 0.6 is 0 Å². The Morgan fingerprint density at radius 1 is 0.636 bits per heavy atom. The topological polar surface area (TPSA) is 0 Å². The molecule has 2 bridgehead atoms. The predicted octanol–water partition coefficient (Wildman–Crippen LogP) is 2.01. The first-order valence-electron chi connectivity index (χ1n) is 3.30. The molecule has 0 aromatic rings. The average molecular weight is 1160 g/mol. The van der Waals surface area contributed by atoms with E-state index in [9.17, 15) is 0 Å². The predicted molar refractivity (Wildman–Crippen MR) is 29.7 cm³/mol. The number of hydrogen-bond acceptors (Lipinski definition) is 0. The molecule has 0 spiro atoms. The van der Waals surface area contributed by atoms with Crippen molar-refractivity contribution < 1.29 is 0 Å². The van der Waals surface area contributed by atoms with E-state index in [0.29, 0.717) is 0 Å². The first kappa shape index (κ1) is 15.8. The van der Waals surface area contributed by atoms with Crippen LogP contribution in [0.4, 0.5) is 0 Å². The Bertz CT molecular complexity index is 68.5. The van der Waals surface area contributed by atoms with E-state index in [1.807, 2.05) is 0 Å². The second-order valence-electron chi connectivity index (χ2n) is 2.87. The fourth-order valence-electron chi connectivity index (χ4n) is 1.91. The molecule has 0 aliphatic heterocycles. The molecule has 0 amide bonds. The van der Waals surface area contributed by atoms with Gasteiger partial charge in [-0.05, 0) is 0 Å². The van der Waals surface area contributed by atoms with Crippen LogP contribution in [0.2, 0.25) is 0 Å². The molecule has 0 aromatic carbocycles. The first-order chi connectivity index (χ1) is 3.45. The van der Waals surface area contributed by atoms with Crippen LogP contribution in [0.5, 0.6) is 0 Å². The van der Waals surface area contributed by atoms with E-state index in [1.54, 1.807) is 0 Å². The molecule has 0 nitrogen and oxygen atoms in total. The minimum Gasteiger partial charge on any atom is -0.322 e. The zero-order valence-electron chi connectivity index (χ0n) is 7.39. The molecule has 0 heterocycles. The average Bonchev–Trinajstić information content (AvgIpc) is 2.22. The smallest absolute Gasteiger partial charge is 0 e. The van der Waals surface area contributed by atoms with Crippen LogP contribution in [0.1, 0.15) is 25.7 Å². The van der Waals surface area contributed by atoms with E-state index < -0.39 is 0 Å². The summed E-state index contributed by atoms with van der Waals surface area (Å²) in [6.45, 7) is 0. The third kappa shape index (κ3) is 0.960. The number of rotatable bonds is 0. The van der Waals surface area contributed by atoms with Gasteiger partial charge in [-0.15, -0.1) is 0 Å². The summed E-state index contributed by atoms with van der Waals surface area (Å²) in [7, 11) is 0. The third-order valence-corrected chi connectivity index (χ3v) is 2.36. The van der Waals surface area contributed by atoms with Crippen molar-refractivity contribution in [3.63, 3.8) is 0 Å². The standard InChI is InChI=1S/C7H11.4Rf/c1-2-7-4-3-6(1)5-7;;;;/h5-7H,1-4H2;;;;/q-1;;;;. The van der Waals surface area contributed by atoms with E-state index in [2.05, 4.69) is 6.42 Å². The Kier molecular flexibility index (Phi) is 4.38. The Morgan fingerprint density at radius 3 is 1.00 bits per heavy atom.